The zero-order chi connectivity index (χ0) is 42.4. The number of thioether (sulfide) groups is 1. The number of anilines is 2. The van der Waals surface area contributed by atoms with Crippen LogP contribution in [0.1, 0.15) is 46.9 Å². The number of rotatable bonds is 15. The van der Waals surface area contributed by atoms with E-state index in [1.54, 1.807) is 30.6 Å². The Labute approximate surface area is 361 Å². The number of hydrogen-bond donors (Lipinski definition) is 4. The molecular weight excluding hydrogens is 829 g/mol. The zero-order valence-electron chi connectivity index (χ0n) is 33.4. The predicted molar refractivity (Wildman–Crippen MR) is 237 cm³/mol. The van der Waals surface area contributed by atoms with Gasteiger partial charge in [-0.1, -0.05) is 47.5 Å². The summed E-state index contributed by atoms with van der Waals surface area (Å²) in [6.45, 7) is 4.66. The first-order valence-electron chi connectivity index (χ1n) is 19.6. The summed E-state index contributed by atoms with van der Waals surface area (Å²) in [6.07, 6.45) is 4.92. The first-order chi connectivity index (χ1) is 28.8. The number of halogens is 4. The fraction of sp³-hybridized carbons (Fsp3) is 0.289. The second-order valence-corrected chi connectivity index (χ2v) is 17.5. The molecule has 1 atom stereocenters. The molecule has 1 aliphatic heterocycles. The number of amides is 1. The number of H-pyrrole nitrogens is 1. The molecule has 0 radical (unpaired) electrons. The predicted octanol–water partition coefficient (Wildman–Crippen LogP) is 11.3. The van der Waals surface area contributed by atoms with Crippen molar-refractivity contribution in [2.24, 2.45) is 5.92 Å². The normalized spacial score (nSPS) is 14.1. The van der Waals surface area contributed by atoms with E-state index in [4.69, 9.17) is 16.3 Å². The van der Waals surface area contributed by atoms with E-state index in [0.717, 1.165) is 71.1 Å². The standard InChI is InChI=1S/C45H46ClF3N6O3S2/c1-28-5-12-36(29-6-8-32(46)9-7-29)38(23-28)42(56)30-16-21-55(22-17-30)33-10-13-37(40(25-33)58-34-24-31-15-19-51-43(31)52-27-34)44(57)53-60-35-11-14-39(50-18-4-20-54(2)3)41(26-35)59-45(47,48)49/h5-15,19,23-27,30,42,50,56H,4,16-18,20-22H2,1-3H3,(H,51,52)(H,53,57). The van der Waals surface area contributed by atoms with Crippen LogP contribution < -0.4 is 19.7 Å². The van der Waals surface area contributed by atoms with Crippen LogP contribution in [0.15, 0.2) is 113 Å². The molecular formula is C45H46ClF3N6O3S2. The van der Waals surface area contributed by atoms with E-state index in [-0.39, 0.29) is 28.1 Å². The van der Waals surface area contributed by atoms with Gasteiger partial charge >= 0.3 is 5.51 Å². The van der Waals surface area contributed by atoms with Gasteiger partial charge in [-0.05, 0) is 148 Å². The molecule has 3 heterocycles. The monoisotopic (exact) mass is 874 g/mol. The minimum Gasteiger partial charge on any atom is -0.455 e. The van der Waals surface area contributed by atoms with Crippen LogP contribution in [-0.4, -0.2) is 71.7 Å². The first-order valence-corrected chi connectivity index (χ1v) is 21.6. The highest BCUT2D eigenvalue weighted by atomic mass is 35.5. The molecule has 60 heavy (non-hydrogen) atoms. The Kier molecular flexibility index (Phi) is 13.9. The molecule has 7 rings (SSSR count). The maximum Gasteiger partial charge on any atom is 0.446 e. The molecule has 0 aliphatic carbocycles. The van der Waals surface area contributed by atoms with Crippen LogP contribution in [0, 0.1) is 12.8 Å². The number of ether oxygens (including phenoxy) is 1. The van der Waals surface area contributed by atoms with Crippen molar-refractivity contribution in [1.29, 1.82) is 0 Å². The second kappa shape index (κ2) is 19.2. The topological polar surface area (TPSA) is 106 Å². The third-order valence-electron chi connectivity index (χ3n) is 10.4. The summed E-state index contributed by atoms with van der Waals surface area (Å²) in [5, 5.41) is 16.4. The number of aryl methyl sites for hydroxylation is 1. The molecule has 1 saturated heterocycles. The number of fused-ring (bicyclic) bond motifs is 1. The number of hydrogen-bond acceptors (Lipinski definition) is 9. The van der Waals surface area contributed by atoms with Crippen LogP contribution in [-0.2, 0) is 0 Å². The molecule has 1 amide bonds. The van der Waals surface area contributed by atoms with Crippen molar-refractivity contribution in [1.82, 2.24) is 19.6 Å². The summed E-state index contributed by atoms with van der Waals surface area (Å²) < 4.78 is 49.9. The van der Waals surface area contributed by atoms with Crippen molar-refractivity contribution < 1.29 is 27.8 Å². The molecule has 4 N–H and O–H groups in total. The molecule has 4 aromatic carbocycles. The lowest BCUT2D eigenvalue weighted by atomic mass is 9.83. The maximum atomic E-state index is 13.8. The van der Waals surface area contributed by atoms with Gasteiger partial charge in [0.15, 0.2) is 0 Å². The molecule has 314 valence electrons. The lowest BCUT2D eigenvalue weighted by molar-refractivity contribution is -0.0328. The van der Waals surface area contributed by atoms with Crippen LogP contribution in [0.4, 0.5) is 24.5 Å². The Balaban J connectivity index is 1.08. The van der Waals surface area contributed by atoms with Crippen LogP contribution in [0.5, 0.6) is 11.5 Å². The van der Waals surface area contributed by atoms with Gasteiger partial charge in [0, 0.05) is 63.5 Å². The number of alkyl halides is 3. The fourth-order valence-electron chi connectivity index (χ4n) is 7.33. The number of nitrogens with one attached hydrogen (secondary N) is 3. The maximum absolute atomic E-state index is 13.8. The summed E-state index contributed by atoms with van der Waals surface area (Å²) in [5.74, 6) is 0.265. The average Bonchev–Trinajstić information content (AvgIpc) is 3.70. The van der Waals surface area contributed by atoms with Crippen molar-refractivity contribution in [2.45, 2.75) is 47.6 Å². The molecule has 1 fully saturated rings. The van der Waals surface area contributed by atoms with Crippen molar-refractivity contribution in [3.05, 3.63) is 125 Å². The summed E-state index contributed by atoms with van der Waals surface area (Å²) in [5.41, 5.74) is 1.61. The highest BCUT2D eigenvalue weighted by Crippen LogP contribution is 2.43. The van der Waals surface area contributed by atoms with E-state index >= 15 is 0 Å². The van der Waals surface area contributed by atoms with Crippen LogP contribution in [0.25, 0.3) is 22.2 Å². The van der Waals surface area contributed by atoms with Gasteiger partial charge in [-0.3, -0.25) is 9.52 Å². The van der Waals surface area contributed by atoms with E-state index in [1.807, 2.05) is 74.4 Å². The molecule has 2 aromatic heterocycles. The van der Waals surface area contributed by atoms with Gasteiger partial charge in [-0.15, -0.1) is 0 Å². The van der Waals surface area contributed by atoms with Gasteiger partial charge in [-0.2, -0.15) is 13.2 Å². The molecule has 9 nitrogen and oxygen atoms in total. The number of aromatic nitrogens is 2. The van der Waals surface area contributed by atoms with Crippen LogP contribution in [0.2, 0.25) is 5.02 Å². The molecule has 1 aliphatic rings. The smallest absolute Gasteiger partial charge is 0.446 e. The van der Waals surface area contributed by atoms with E-state index in [0.29, 0.717) is 52.4 Å². The molecule has 1 unspecified atom stereocenters. The highest BCUT2D eigenvalue weighted by Gasteiger charge is 2.31. The van der Waals surface area contributed by atoms with Crippen molar-refractivity contribution in [3.8, 4) is 22.6 Å². The zero-order valence-corrected chi connectivity index (χ0v) is 35.7. The summed E-state index contributed by atoms with van der Waals surface area (Å²) in [6, 6.07) is 27.6. The van der Waals surface area contributed by atoms with Crippen LogP contribution in [0.3, 0.4) is 0 Å². The van der Waals surface area contributed by atoms with Gasteiger partial charge in [0.05, 0.1) is 17.9 Å². The van der Waals surface area contributed by atoms with Crippen molar-refractivity contribution in [3.63, 3.8) is 0 Å². The summed E-state index contributed by atoms with van der Waals surface area (Å²) >= 11 is 6.91. The third-order valence-corrected chi connectivity index (χ3v) is 12.2. The number of piperidine rings is 1. The van der Waals surface area contributed by atoms with Crippen molar-refractivity contribution in [2.75, 3.05) is 50.5 Å². The number of aromatic amines is 1. The second-order valence-electron chi connectivity index (χ2n) is 15.1. The number of pyridine rings is 1. The summed E-state index contributed by atoms with van der Waals surface area (Å²) in [4.78, 5) is 26.0. The SMILES string of the molecule is Cc1ccc(-c2ccc(Cl)cc2)c(C(O)C2CCN(c3ccc(C(=O)NSc4ccc(NCCCN(C)C)c(SC(F)(F)F)c4)c(Oc4cnc5[nH]ccc5c4)c3)CC2)c1. The molecule has 0 spiro atoms. The van der Waals surface area contributed by atoms with Gasteiger partial charge < -0.3 is 29.9 Å². The number of carbonyl (C=O) groups excluding carboxylic acids is 1. The molecule has 0 saturated carbocycles. The molecule has 15 heteroatoms. The lowest BCUT2D eigenvalue weighted by Crippen LogP contribution is -2.35. The van der Waals surface area contributed by atoms with Gasteiger partial charge in [0.25, 0.3) is 5.91 Å². The Morgan fingerprint density at radius 2 is 1.82 bits per heavy atom. The van der Waals surface area contributed by atoms with Gasteiger partial charge in [0.2, 0.25) is 0 Å². The number of nitrogens with zero attached hydrogens (tertiary/aromatic N) is 3. The average molecular weight is 875 g/mol. The number of carbonyl (C=O) groups is 1. The number of benzene rings is 4. The largest absolute Gasteiger partial charge is 0.455 e. The minimum atomic E-state index is -4.49. The van der Waals surface area contributed by atoms with E-state index in [2.05, 4.69) is 43.1 Å². The fourth-order valence-corrected chi connectivity index (χ4v) is 8.85. The van der Waals surface area contributed by atoms with E-state index in [1.165, 1.54) is 6.07 Å². The first kappa shape index (κ1) is 43.2. The Bertz CT molecular complexity index is 2420. The Hall–Kier alpha value is -4.86. The van der Waals surface area contributed by atoms with E-state index in [9.17, 15) is 23.1 Å². The number of aliphatic hydroxyl groups excluding tert-OH is 1. The van der Waals surface area contributed by atoms with Gasteiger partial charge in [0.1, 0.15) is 17.1 Å². The lowest BCUT2D eigenvalue weighted by Gasteiger charge is -2.36. The molecule has 6 aromatic rings. The quantitative estimate of drug-likeness (QED) is 0.0456. The third kappa shape index (κ3) is 11.1. The number of aliphatic hydroxyl groups is 1. The van der Waals surface area contributed by atoms with Crippen molar-refractivity contribution >= 4 is 63.6 Å². The van der Waals surface area contributed by atoms with Crippen LogP contribution >= 0.6 is 35.3 Å². The molecule has 0 bridgehead atoms. The van der Waals surface area contributed by atoms with E-state index < -0.39 is 17.5 Å². The Morgan fingerprint density at radius 1 is 1.03 bits per heavy atom. The minimum absolute atomic E-state index is 0.0183. The summed E-state index contributed by atoms with van der Waals surface area (Å²) in [7, 11) is 3.88. The van der Waals surface area contributed by atoms with Gasteiger partial charge in [-0.25, -0.2) is 4.98 Å². The highest BCUT2D eigenvalue weighted by molar-refractivity contribution is 8.00. The Morgan fingerprint density at radius 3 is 2.57 bits per heavy atom.